The molecular formula is C14H18N2. The first-order valence-corrected chi connectivity index (χ1v) is 5.83. The number of anilines is 1. The van der Waals surface area contributed by atoms with Gasteiger partial charge in [0.05, 0.1) is 5.52 Å². The van der Waals surface area contributed by atoms with Crippen LogP contribution in [0.15, 0.2) is 30.3 Å². The Morgan fingerprint density at radius 3 is 2.75 bits per heavy atom. The van der Waals surface area contributed by atoms with Gasteiger partial charge in [-0.2, -0.15) is 0 Å². The molecule has 0 aliphatic heterocycles. The summed E-state index contributed by atoms with van der Waals surface area (Å²) in [6, 6.07) is 10.7. The molecule has 0 bridgehead atoms. The van der Waals surface area contributed by atoms with Crippen molar-refractivity contribution in [2.24, 2.45) is 0 Å². The lowest BCUT2D eigenvalue weighted by atomic mass is 9.97. The van der Waals surface area contributed by atoms with E-state index in [1.807, 2.05) is 13.1 Å². The van der Waals surface area contributed by atoms with Gasteiger partial charge in [0.1, 0.15) is 5.82 Å². The number of pyridine rings is 1. The molecule has 0 spiro atoms. The van der Waals surface area contributed by atoms with E-state index in [-0.39, 0.29) is 0 Å². The Morgan fingerprint density at radius 1 is 1.25 bits per heavy atom. The van der Waals surface area contributed by atoms with Crippen LogP contribution in [0, 0.1) is 0 Å². The van der Waals surface area contributed by atoms with Crippen LogP contribution in [0.1, 0.15) is 31.7 Å². The van der Waals surface area contributed by atoms with Gasteiger partial charge in [0, 0.05) is 12.4 Å². The van der Waals surface area contributed by atoms with E-state index in [1.54, 1.807) is 0 Å². The molecule has 0 amide bonds. The smallest absolute Gasteiger partial charge is 0.126 e. The van der Waals surface area contributed by atoms with Gasteiger partial charge in [0.2, 0.25) is 0 Å². The maximum Gasteiger partial charge on any atom is 0.126 e. The fourth-order valence-corrected chi connectivity index (χ4v) is 1.83. The third kappa shape index (κ3) is 2.01. The highest BCUT2D eigenvalue weighted by Crippen LogP contribution is 2.23. The quantitative estimate of drug-likeness (QED) is 0.840. The average Bonchev–Trinajstić information content (AvgIpc) is 2.36. The Morgan fingerprint density at radius 2 is 2.06 bits per heavy atom. The van der Waals surface area contributed by atoms with Gasteiger partial charge in [0.25, 0.3) is 0 Å². The van der Waals surface area contributed by atoms with Gasteiger partial charge < -0.3 is 5.32 Å². The summed E-state index contributed by atoms with van der Waals surface area (Å²) in [4.78, 5) is 4.51. The summed E-state index contributed by atoms with van der Waals surface area (Å²) >= 11 is 0. The van der Waals surface area contributed by atoms with E-state index in [0.717, 1.165) is 11.3 Å². The van der Waals surface area contributed by atoms with E-state index in [2.05, 4.69) is 48.4 Å². The number of fused-ring (bicyclic) bond motifs is 1. The Kier molecular flexibility index (Phi) is 3.09. The van der Waals surface area contributed by atoms with Gasteiger partial charge in [-0.15, -0.1) is 0 Å². The van der Waals surface area contributed by atoms with Crippen LogP contribution < -0.4 is 5.32 Å². The lowest BCUT2D eigenvalue weighted by Crippen LogP contribution is -1.94. The molecular weight excluding hydrogens is 196 g/mol. The molecule has 84 valence electrons. The normalized spacial score (nSPS) is 12.7. The summed E-state index contributed by atoms with van der Waals surface area (Å²) < 4.78 is 0. The van der Waals surface area contributed by atoms with Crippen LogP contribution in [0.2, 0.25) is 0 Å². The summed E-state index contributed by atoms with van der Waals surface area (Å²) in [7, 11) is 1.89. The Bertz CT molecular complexity index is 491. The fourth-order valence-electron chi connectivity index (χ4n) is 1.83. The van der Waals surface area contributed by atoms with Gasteiger partial charge in [-0.25, -0.2) is 4.98 Å². The number of aromatic nitrogens is 1. The molecule has 0 aliphatic rings. The minimum atomic E-state index is 0.619. The number of rotatable bonds is 3. The Hall–Kier alpha value is -1.57. The van der Waals surface area contributed by atoms with Gasteiger partial charge in [-0.1, -0.05) is 19.9 Å². The summed E-state index contributed by atoms with van der Waals surface area (Å²) in [5.74, 6) is 1.54. The minimum Gasteiger partial charge on any atom is -0.373 e. The molecule has 16 heavy (non-hydrogen) atoms. The van der Waals surface area contributed by atoms with Crippen molar-refractivity contribution in [3.05, 3.63) is 35.9 Å². The molecule has 0 saturated carbocycles. The number of nitrogens with zero attached hydrogens (tertiary/aromatic N) is 1. The first-order chi connectivity index (χ1) is 7.74. The molecule has 1 N–H and O–H groups in total. The predicted molar refractivity (Wildman–Crippen MR) is 70.0 cm³/mol. The first-order valence-electron chi connectivity index (χ1n) is 5.83. The van der Waals surface area contributed by atoms with E-state index in [9.17, 15) is 0 Å². The molecule has 1 aromatic carbocycles. The van der Waals surface area contributed by atoms with E-state index in [0.29, 0.717) is 5.92 Å². The third-order valence-corrected chi connectivity index (χ3v) is 3.15. The zero-order chi connectivity index (χ0) is 11.5. The summed E-state index contributed by atoms with van der Waals surface area (Å²) in [5, 5.41) is 4.28. The van der Waals surface area contributed by atoms with Crippen molar-refractivity contribution in [1.82, 2.24) is 4.98 Å². The van der Waals surface area contributed by atoms with E-state index in [4.69, 9.17) is 0 Å². The summed E-state index contributed by atoms with van der Waals surface area (Å²) in [6.07, 6.45) is 1.17. The molecule has 1 atom stereocenters. The van der Waals surface area contributed by atoms with Crippen molar-refractivity contribution in [3.8, 4) is 0 Å². The maximum absolute atomic E-state index is 4.51. The van der Waals surface area contributed by atoms with Gasteiger partial charge in [-0.3, -0.25) is 0 Å². The zero-order valence-electron chi connectivity index (χ0n) is 10.1. The van der Waals surface area contributed by atoms with Crippen LogP contribution in [0.25, 0.3) is 10.9 Å². The number of nitrogens with one attached hydrogen (secondary N) is 1. The molecule has 2 heteroatoms. The molecule has 2 aromatic rings. The van der Waals surface area contributed by atoms with Crippen LogP contribution >= 0.6 is 0 Å². The number of hydrogen-bond acceptors (Lipinski definition) is 2. The monoisotopic (exact) mass is 214 g/mol. The minimum absolute atomic E-state index is 0.619. The highest BCUT2D eigenvalue weighted by molar-refractivity contribution is 5.81. The lowest BCUT2D eigenvalue weighted by molar-refractivity contribution is 0.734. The Balaban J connectivity index is 2.47. The molecule has 1 heterocycles. The van der Waals surface area contributed by atoms with Crippen LogP contribution in [0.4, 0.5) is 5.82 Å². The van der Waals surface area contributed by atoms with Crippen molar-refractivity contribution in [2.45, 2.75) is 26.2 Å². The van der Waals surface area contributed by atoms with E-state index >= 15 is 0 Å². The highest BCUT2D eigenvalue weighted by atomic mass is 15.0. The second-order valence-electron chi connectivity index (χ2n) is 4.21. The molecule has 1 unspecified atom stereocenters. The standard InChI is InChI=1S/C14H18N2/c1-4-10(2)11-5-7-13-12(9-11)6-8-14(15-3)16-13/h5-10H,4H2,1-3H3,(H,15,16). The van der Waals surface area contributed by atoms with Crippen LogP contribution in [0.5, 0.6) is 0 Å². The second-order valence-corrected chi connectivity index (χ2v) is 4.21. The van der Waals surface area contributed by atoms with Crippen LogP contribution in [0.3, 0.4) is 0 Å². The summed E-state index contributed by atoms with van der Waals surface area (Å²) in [5.41, 5.74) is 2.45. The lowest BCUT2D eigenvalue weighted by Gasteiger charge is -2.10. The second kappa shape index (κ2) is 4.52. The topological polar surface area (TPSA) is 24.9 Å². The Labute approximate surface area is 96.7 Å². The van der Waals surface area contributed by atoms with Crippen LogP contribution in [-0.4, -0.2) is 12.0 Å². The molecule has 0 aliphatic carbocycles. The fraction of sp³-hybridized carbons (Fsp3) is 0.357. The van der Waals surface area contributed by atoms with Crippen molar-refractivity contribution >= 4 is 16.7 Å². The average molecular weight is 214 g/mol. The predicted octanol–water partition coefficient (Wildman–Crippen LogP) is 3.79. The maximum atomic E-state index is 4.51. The van der Waals surface area contributed by atoms with E-state index < -0.39 is 0 Å². The first kappa shape index (κ1) is 10.9. The summed E-state index contributed by atoms with van der Waals surface area (Å²) in [6.45, 7) is 4.48. The van der Waals surface area contributed by atoms with Crippen molar-refractivity contribution in [1.29, 1.82) is 0 Å². The largest absolute Gasteiger partial charge is 0.373 e. The third-order valence-electron chi connectivity index (χ3n) is 3.15. The zero-order valence-corrected chi connectivity index (χ0v) is 10.1. The van der Waals surface area contributed by atoms with Crippen molar-refractivity contribution < 1.29 is 0 Å². The van der Waals surface area contributed by atoms with Crippen molar-refractivity contribution in [3.63, 3.8) is 0 Å². The number of benzene rings is 1. The molecule has 0 fully saturated rings. The van der Waals surface area contributed by atoms with Crippen LogP contribution in [-0.2, 0) is 0 Å². The molecule has 0 saturated heterocycles. The molecule has 0 radical (unpaired) electrons. The molecule has 2 nitrogen and oxygen atoms in total. The number of hydrogen-bond donors (Lipinski definition) is 1. The van der Waals surface area contributed by atoms with Gasteiger partial charge in [0.15, 0.2) is 0 Å². The van der Waals surface area contributed by atoms with Gasteiger partial charge in [-0.05, 0) is 42.2 Å². The molecule has 2 rings (SSSR count). The SMILES string of the molecule is CCC(C)c1ccc2nc(NC)ccc2c1. The van der Waals surface area contributed by atoms with Crippen molar-refractivity contribution in [2.75, 3.05) is 12.4 Å². The molecule has 1 aromatic heterocycles. The van der Waals surface area contributed by atoms with E-state index in [1.165, 1.54) is 17.4 Å². The van der Waals surface area contributed by atoms with Gasteiger partial charge >= 0.3 is 0 Å². The highest BCUT2D eigenvalue weighted by Gasteiger charge is 2.04.